The number of nitrogens with zero attached hydrogens (tertiary/aromatic N) is 3. The van der Waals surface area contributed by atoms with Crippen molar-refractivity contribution < 1.29 is 4.42 Å². The molecule has 0 fully saturated rings. The molecule has 2 aliphatic heterocycles. The second-order valence-electron chi connectivity index (χ2n) is 19.1. The van der Waals surface area contributed by atoms with Gasteiger partial charge in [-0.1, -0.05) is 131 Å². The van der Waals surface area contributed by atoms with Crippen LogP contribution in [0.5, 0.6) is 0 Å². The molecule has 0 saturated heterocycles. The summed E-state index contributed by atoms with van der Waals surface area (Å²) in [6.45, 7) is 9.71. The van der Waals surface area contributed by atoms with Crippen LogP contribution in [0.2, 0.25) is 0 Å². The Morgan fingerprint density at radius 3 is 1.91 bits per heavy atom. The van der Waals surface area contributed by atoms with Crippen LogP contribution in [0.4, 0.5) is 51.2 Å². The summed E-state index contributed by atoms with van der Waals surface area (Å²) in [6, 6.07) is 67.1. The molecule has 0 radical (unpaired) electrons. The van der Waals surface area contributed by atoms with E-state index in [1.54, 1.807) is 0 Å². The van der Waals surface area contributed by atoms with Gasteiger partial charge in [0.05, 0.1) is 11.4 Å². The van der Waals surface area contributed by atoms with Crippen LogP contribution in [0.3, 0.4) is 0 Å². The lowest BCUT2D eigenvalue weighted by Gasteiger charge is -2.45. The zero-order valence-corrected chi connectivity index (χ0v) is 37.3. The van der Waals surface area contributed by atoms with Crippen LogP contribution in [0.1, 0.15) is 51.7 Å². The number of hydrogen-bond donors (Lipinski definition) is 0. The highest BCUT2D eigenvalue weighted by Gasteiger charge is 2.46. The van der Waals surface area contributed by atoms with Gasteiger partial charge < -0.3 is 19.1 Å². The third kappa shape index (κ3) is 5.42. The minimum absolute atomic E-state index is 0.0000663. The molecule has 4 nitrogen and oxygen atoms in total. The standard InChI is InChI=1S/C58H46BN3OS/c1-57(2)33-34-58(3,4)45-35-39(29-31-44(45)57)61-47-24-16-25-48-53(47)59(46-32-30-40(36-50(46)61)60(37-17-7-5-8-18-37)38-19-9-6-10-20-38)56-54(43-22-12-14-28-52(43)64-56)62(48)49-26-15-23-42-41-21-11-13-27-51(41)63-55(42)49/h5-32,35-36H,33-34H2,1-4H3. The van der Waals surface area contributed by atoms with Gasteiger partial charge in [-0.05, 0) is 125 Å². The fourth-order valence-electron chi connectivity index (χ4n) is 11.2. The molecule has 0 bridgehead atoms. The molecule has 13 rings (SSSR count). The fourth-order valence-corrected chi connectivity index (χ4v) is 12.6. The molecule has 10 aromatic rings. The lowest BCUT2D eigenvalue weighted by atomic mass is 9.36. The fraction of sp³-hybridized carbons (Fsp3) is 0.138. The molecular formula is C58H46BN3OS. The molecule has 308 valence electrons. The number of benzene rings is 8. The molecule has 3 aliphatic rings. The van der Waals surface area contributed by atoms with Gasteiger partial charge in [-0.2, -0.15) is 0 Å². The van der Waals surface area contributed by atoms with Gasteiger partial charge in [0.1, 0.15) is 5.58 Å². The van der Waals surface area contributed by atoms with Crippen LogP contribution in [-0.2, 0) is 10.8 Å². The van der Waals surface area contributed by atoms with Crippen LogP contribution in [-0.4, -0.2) is 6.71 Å². The number of thiophene rings is 1. The van der Waals surface area contributed by atoms with Gasteiger partial charge in [-0.3, -0.25) is 0 Å². The van der Waals surface area contributed by atoms with Crippen molar-refractivity contribution in [3.63, 3.8) is 0 Å². The van der Waals surface area contributed by atoms with Crippen molar-refractivity contribution >= 4 is 117 Å². The number of para-hydroxylation sites is 4. The maximum atomic E-state index is 6.84. The Morgan fingerprint density at radius 2 is 1.14 bits per heavy atom. The van der Waals surface area contributed by atoms with E-state index in [1.807, 2.05) is 11.3 Å². The predicted octanol–water partition coefficient (Wildman–Crippen LogP) is 14.7. The summed E-state index contributed by atoms with van der Waals surface area (Å²) in [5, 5.41) is 3.52. The summed E-state index contributed by atoms with van der Waals surface area (Å²) in [5.41, 5.74) is 17.9. The molecule has 2 aromatic heterocycles. The lowest BCUT2D eigenvalue weighted by molar-refractivity contribution is 0.332. The van der Waals surface area contributed by atoms with Crippen LogP contribution in [0.25, 0.3) is 32.0 Å². The number of hydrogen-bond acceptors (Lipinski definition) is 5. The topological polar surface area (TPSA) is 22.9 Å². The smallest absolute Gasteiger partial charge is 0.264 e. The van der Waals surface area contributed by atoms with E-state index in [9.17, 15) is 0 Å². The summed E-state index contributed by atoms with van der Waals surface area (Å²) in [5.74, 6) is 0. The first-order chi connectivity index (χ1) is 31.2. The van der Waals surface area contributed by atoms with Gasteiger partial charge in [0.2, 0.25) is 0 Å². The van der Waals surface area contributed by atoms with E-state index in [2.05, 4.69) is 224 Å². The van der Waals surface area contributed by atoms with E-state index in [4.69, 9.17) is 4.42 Å². The number of fused-ring (bicyclic) bond motifs is 10. The molecule has 0 amide bonds. The van der Waals surface area contributed by atoms with E-state index in [0.29, 0.717) is 0 Å². The van der Waals surface area contributed by atoms with E-state index in [0.717, 1.165) is 51.1 Å². The Labute approximate surface area is 378 Å². The second-order valence-corrected chi connectivity index (χ2v) is 20.2. The zero-order chi connectivity index (χ0) is 42.9. The Bertz CT molecular complexity index is 3460. The highest BCUT2D eigenvalue weighted by Crippen LogP contribution is 2.52. The van der Waals surface area contributed by atoms with E-state index in [-0.39, 0.29) is 17.5 Å². The third-order valence-corrected chi connectivity index (χ3v) is 15.7. The van der Waals surface area contributed by atoms with Crippen molar-refractivity contribution in [2.45, 2.75) is 51.4 Å². The maximum absolute atomic E-state index is 6.84. The van der Waals surface area contributed by atoms with Crippen LogP contribution in [0, 0.1) is 0 Å². The van der Waals surface area contributed by atoms with Gasteiger partial charge in [0.15, 0.2) is 5.58 Å². The Hall–Kier alpha value is -7.02. The summed E-state index contributed by atoms with van der Waals surface area (Å²) in [4.78, 5) is 7.50. The number of rotatable bonds is 5. The molecule has 0 unspecified atom stereocenters. The van der Waals surface area contributed by atoms with Gasteiger partial charge in [0.25, 0.3) is 6.71 Å². The third-order valence-electron chi connectivity index (χ3n) is 14.5. The predicted molar refractivity (Wildman–Crippen MR) is 273 cm³/mol. The van der Waals surface area contributed by atoms with Crippen LogP contribution in [0.15, 0.2) is 186 Å². The molecule has 6 heteroatoms. The van der Waals surface area contributed by atoms with Crippen molar-refractivity contribution in [1.82, 2.24) is 0 Å². The van der Waals surface area contributed by atoms with Gasteiger partial charge in [0, 0.05) is 65.4 Å². The highest BCUT2D eigenvalue weighted by molar-refractivity contribution is 7.33. The van der Waals surface area contributed by atoms with Crippen molar-refractivity contribution in [2.75, 3.05) is 14.7 Å². The summed E-state index contributed by atoms with van der Waals surface area (Å²) in [6.07, 6.45) is 2.33. The maximum Gasteiger partial charge on any atom is 0.264 e. The molecule has 1 aliphatic carbocycles. The van der Waals surface area contributed by atoms with Crippen LogP contribution < -0.4 is 30.4 Å². The first kappa shape index (κ1) is 37.5. The van der Waals surface area contributed by atoms with E-state index in [1.165, 1.54) is 71.8 Å². The molecule has 64 heavy (non-hydrogen) atoms. The molecular weight excluding hydrogens is 798 g/mol. The monoisotopic (exact) mass is 843 g/mol. The van der Waals surface area contributed by atoms with Crippen molar-refractivity contribution in [3.05, 3.63) is 193 Å². The summed E-state index contributed by atoms with van der Waals surface area (Å²) in [7, 11) is 0. The van der Waals surface area contributed by atoms with E-state index >= 15 is 0 Å². The minimum atomic E-state index is -0.0000663. The largest absolute Gasteiger partial charge is 0.454 e. The molecule has 0 saturated carbocycles. The van der Waals surface area contributed by atoms with Crippen molar-refractivity contribution in [1.29, 1.82) is 0 Å². The Kier molecular flexibility index (Phi) is 8.06. The zero-order valence-electron chi connectivity index (χ0n) is 36.5. The normalized spacial score (nSPS) is 15.5. The molecule has 0 spiro atoms. The molecule has 4 heterocycles. The van der Waals surface area contributed by atoms with Gasteiger partial charge in [-0.25, -0.2) is 0 Å². The SMILES string of the molecule is CC1(C)CCC(C)(C)c2cc(N3c4cc(N(c5ccccc5)c5ccccc5)ccc4B4c5sc6ccccc6c5N(c5cccc6c5oc5ccccc56)c5cccc3c54)ccc21. The van der Waals surface area contributed by atoms with Gasteiger partial charge in [-0.15, -0.1) is 11.3 Å². The molecule has 8 aromatic carbocycles. The first-order valence-electron chi connectivity index (χ1n) is 22.6. The first-order valence-corrected chi connectivity index (χ1v) is 23.4. The average Bonchev–Trinajstić information content (AvgIpc) is 3.90. The minimum Gasteiger partial charge on any atom is -0.454 e. The quantitative estimate of drug-likeness (QED) is 0.161. The number of anilines is 9. The van der Waals surface area contributed by atoms with Crippen LogP contribution >= 0.6 is 11.3 Å². The summed E-state index contributed by atoms with van der Waals surface area (Å²) < 4.78 is 9.47. The summed E-state index contributed by atoms with van der Waals surface area (Å²) >= 11 is 1.93. The van der Waals surface area contributed by atoms with Gasteiger partial charge >= 0.3 is 0 Å². The second kappa shape index (κ2) is 13.7. The molecule has 0 N–H and O–H groups in total. The van der Waals surface area contributed by atoms with Crippen molar-refractivity contribution in [2.24, 2.45) is 0 Å². The van der Waals surface area contributed by atoms with E-state index < -0.39 is 0 Å². The Morgan fingerprint density at radius 1 is 0.516 bits per heavy atom. The average molecular weight is 844 g/mol. The molecule has 0 atom stereocenters. The lowest BCUT2D eigenvalue weighted by Crippen LogP contribution is -2.60. The number of furan rings is 1. The highest BCUT2D eigenvalue weighted by atomic mass is 32.1. The Balaban J connectivity index is 1.11. The van der Waals surface area contributed by atoms with Crippen molar-refractivity contribution in [3.8, 4) is 0 Å².